The number of aryl methyl sites for hydroxylation is 1. The minimum absolute atomic E-state index is 0.0431. The smallest absolute Gasteiger partial charge is 0.278 e. The van der Waals surface area contributed by atoms with Gasteiger partial charge in [-0.1, -0.05) is 12.2 Å². The number of hydrogen-bond donors (Lipinski definition) is 2. The summed E-state index contributed by atoms with van der Waals surface area (Å²) >= 11 is 0. The van der Waals surface area contributed by atoms with Crippen LogP contribution in [-0.2, 0) is 23.5 Å². The Bertz CT molecular complexity index is 1450. The van der Waals surface area contributed by atoms with Crippen LogP contribution in [0.3, 0.4) is 0 Å². The van der Waals surface area contributed by atoms with Gasteiger partial charge in [-0.05, 0) is 48.8 Å². The molecule has 164 valence electrons. The summed E-state index contributed by atoms with van der Waals surface area (Å²) in [6, 6.07) is 4.91. The maximum absolute atomic E-state index is 15.1. The maximum atomic E-state index is 15.1. The van der Waals surface area contributed by atoms with Gasteiger partial charge in [-0.25, -0.2) is 9.37 Å². The van der Waals surface area contributed by atoms with E-state index < -0.39 is 10.0 Å². The molecule has 7 nitrogen and oxygen atoms in total. The fourth-order valence-electron chi connectivity index (χ4n) is 4.13. The lowest BCUT2D eigenvalue weighted by molar-refractivity contribution is 0.612. The van der Waals surface area contributed by atoms with Gasteiger partial charge in [0.1, 0.15) is 11.5 Å². The average molecular weight is 452 g/mol. The molecule has 1 aromatic carbocycles. The molecule has 9 heteroatoms. The van der Waals surface area contributed by atoms with E-state index in [9.17, 15) is 8.42 Å². The number of nitrogens with one attached hydrogen (secondary N) is 2. The van der Waals surface area contributed by atoms with Gasteiger partial charge in [0.05, 0.1) is 17.6 Å². The SMILES string of the molecule is C/C=C1\C=CC(S(=O)(=O)Nc2ccnc3c2c(-c2cc4c(cc2F)CCN4)cn3C)=NC1. The minimum atomic E-state index is -3.93. The molecule has 32 heavy (non-hydrogen) atoms. The number of aliphatic imine (C=N–C) groups is 1. The van der Waals surface area contributed by atoms with Gasteiger partial charge in [0.2, 0.25) is 0 Å². The molecule has 0 radical (unpaired) electrons. The lowest BCUT2D eigenvalue weighted by atomic mass is 10.0. The van der Waals surface area contributed by atoms with E-state index in [4.69, 9.17) is 0 Å². The van der Waals surface area contributed by atoms with Crippen LogP contribution >= 0.6 is 0 Å². The first-order chi connectivity index (χ1) is 15.4. The van der Waals surface area contributed by atoms with Crippen LogP contribution in [0.25, 0.3) is 22.2 Å². The van der Waals surface area contributed by atoms with Gasteiger partial charge in [-0.15, -0.1) is 0 Å². The van der Waals surface area contributed by atoms with E-state index in [1.54, 1.807) is 42.1 Å². The zero-order valence-electron chi connectivity index (χ0n) is 17.7. The van der Waals surface area contributed by atoms with Crippen molar-refractivity contribution in [2.45, 2.75) is 13.3 Å². The molecule has 0 atom stereocenters. The molecule has 0 saturated heterocycles. The molecule has 5 rings (SSSR count). The maximum Gasteiger partial charge on any atom is 0.278 e. The Morgan fingerprint density at radius 2 is 2.09 bits per heavy atom. The Kier molecular flexibility index (Phi) is 4.85. The second-order valence-electron chi connectivity index (χ2n) is 7.83. The van der Waals surface area contributed by atoms with Gasteiger partial charge >= 0.3 is 0 Å². The second kappa shape index (κ2) is 7.59. The first kappa shape index (κ1) is 20.4. The first-order valence-electron chi connectivity index (χ1n) is 10.3. The number of fused-ring (bicyclic) bond motifs is 2. The molecule has 0 spiro atoms. The third-order valence-corrected chi connectivity index (χ3v) is 7.10. The van der Waals surface area contributed by atoms with E-state index >= 15 is 4.39 Å². The van der Waals surface area contributed by atoms with Crippen molar-refractivity contribution in [3.63, 3.8) is 0 Å². The van der Waals surface area contributed by atoms with Gasteiger partial charge < -0.3 is 9.88 Å². The number of pyridine rings is 1. The summed E-state index contributed by atoms with van der Waals surface area (Å²) in [6.07, 6.45) is 9.19. The molecule has 0 fully saturated rings. The lowest BCUT2D eigenvalue weighted by Gasteiger charge is -2.13. The third-order valence-electron chi connectivity index (χ3n) is 5.80. The van der Waals surface area contributed by atoms with Gasteiger partial charge in [0.25, 0.3) is 10.0 Å². The highest BCUT2D eigenvalue weighted by atomic mass is 32.2. The standard InChI is InChI=1S/C23H22FN5O2S/c1-3-14-4-5-21(27-12-14)32(30,31)28-19-7-9-26-23-22(19)17(13-29(23)2)16-11-20-15(6-8-25-20)10-18(16)24/h3-5,7,9-11,13,25H,6,8,12H2,1-2H3,(H,26,28)/b14-3+. The molecule has 0 bridgehead atoms. The number of aromatic nitrogens is 2. The predicted octanol–water partition coefficient (Wildman–Crippen LogP) is 4.00. The number of allylic oxidation sites excluding steroid dienone is 1. The molecule has 2 N–H and O–H groups in total. The number of nitrogens with zero attached hydrogens (tertiary/aromatic N) is 3. The predicted molar refractivity (Wildman–Crippen MR) is 126 cm³/mol. The van der Waals surface area contributed by atoms with Crippen LogP contribution in [0.15, 0.2) is 59.4 Å². The number of hydrogen-bond acceptors (Lipinski definition) is 5. The van der Waals surface area contributed by atoms with Crippen molar-refractivity contribution in [3.05, 3.63) is 65.8 Å². The van der Waals surface area contributed by atoms with Crippen molar-refractivity contribution in [2.24, 2.45) is 12.0 Å². The second-order valence-corrected chi connectivity index (χ2v) is 9.46. The fourth-order valence-corrected chi connectivity index (χ4v) is 5.17. The van der Waals surface area contributed by atoms with Crippen molar-refractivity contribution >= 4 is 37.5 Å². The molecule has 0 amide bonds. The molecule has 2 aliphatic rings. The van der Waals surface area contributed by atoms with E-state index in [-0.39, 0.29) is 10.9 Å². The van der Waals surface area contributed by atoms with Crippen LogP contribution in [0.4, 0.5) is 15.8 Å². The van der Waals surface area contributed by atoms with E-state index in [0.29, 0.717) is 34.4 Å². The Morgan fingerprint density at radius 1 is 1.25 bits per heavy atom. The highest BCUT2D eigenvalue weighted by molar-refractivity contribution is 8.08. The summed E-state index contributed by atoms with van der Waals surface area (Å²) in [5, 5.41) is 3.76. The van der Waals surface area contributed by atoms with Crippen molar-refractivity contribution in [1.29, 1.82) is 0 Å². The van der Waals surface area contributed by atoms with Gasteiger partial charge in [-0.2, -0.15) is 8.42 Å². The van der Waals surface area contributed by atoms with Crippen LogP contribution in [0, 0.1) is 5.82 Å². The van der Waals surface area contributed by atoms with Crippen LogP contribution in [0.2, 0.25) is 0 Å². The Labute approximate surface area is 185 Å². The summed E-state index contributed by atoms with van der Waals surface area (Å²) in [7, 11) is -2.13. The summed E-state index contributed by atoms with van der Waals surface area (Å²) in [5.74, 6) is -0.351. The lowest BCUT2D eigenvalue weighted by Crippen LogP contribution is -2.23. The normalized spacial score (nSPS) is 16.8. The van der Waals surface area contributed by atoms with Crippen molar-refractivity contribution < 1.29 is 12.8 Å². The average Bonchev–Trinajstić information content (AvgIpc) is 3.37. The highest BCUT2D eigenvalue weighted by Crippen LogP contribution is 2.39. The molecule has 2 aromatic heterocycles. The number of dihydropyridines is 1. The molecule has 4 heterocycles. The quantitative estimate of drug-likeness (QED) is 0.630. The largest absolute Gasteiger partial charge is 0.384 e. The zero-order chi connectivity index (χ0) is 22.5. The van der Waals surface area contributed by atoms with Crippen LogP contribution < -0.4 is 10.0 Å². The van der Waals surface area contributed by atoms with Crippen molar-refractivity contribution in [3.8, 4) is 11.1 Å². The van der Waals surface area contributed by atoms with E-state index in [1.165, 1.54) is 12.3 Å². The molecule has 3 aromatic rings. The van der Waals surface area contributed by atoms with E-state index in [2.05, 4.69) is 20.0 Å². The number of rotatable bonds is 3. The monoisotopic (exact) mass is 451 g/mol. The third kappa shape index (κ3) is 3.38. The summed E-state index contributed by atoms with van der Waals surface area (Å²) in [5.41, 5.74) is 4.61. The first-order valence-corrected chi connectivity index (χ1v) is 11.8. The number of sulfonamides is 1. The molecule has 0 saturated carbocycles. The Balaban J connectivity index is 1.62. The number of benzene rings is 1. The minimum Gasteiger partial charge on any atom is -0.384 e. The molecule has 0 aliphatic carbocycles. The van der Waals surface area contributed by atoms with Crippen LogP contribution in [0.5, 0.6) is 0 Å². The van der Waals surface area contributed by atoms with Crippen molar-refractivity contribution in [2.75, 3.05) is 23.1 Å². The Hall–Kier alpha value is -3.46. The fraction of sp³-hybridized carbons (Fsp3) is 0.217. The Morgan fingerprint density at radius 3 is 2.84 bits per heavy atom. The van der Waals surface area contributed by atoms with Crippen LogP contribution in [-0.4, -0.2) is 36.1 Å². The summed E-state index contributed by atoms with van der Waals surface area (Å²) in [6.45, 7) is 2.95. The molecular weight excluding hydrogens is 429 g/mol. The number of halogens is 1. The number of anilines is 2. The van der Waals surface area contributed by atoms with E-state index in [1.807, 2.05) is 13.0 Å². The van der Waals surface area contributed by atoms with Crippen LogP contribution in [0.1, 0.15) is 12.5 Å². The van der Waals surface area contributed by atoms with E-state index in [0.717, 1.165) is 29.8 Å². The topological polar surface area (TPSA) is 88.4 Å². The zero-order valence-corrected chi connectivity index (χ0v) is 18.5. The summed E-state index contributed by atoms with van der Waals surface area (Å²) < 4.78 is 45.6. The molecule has 2 aliphatic heterocycles. The molecule has 0 unspecified atom stereocenters. The van der Waals surface area contributed by atoms with Crippen molar-refractivity contribution in [1.82, 2.24) is 9.55 Å². The molecular formula is C23H22FN5O2S. The van der Waals surface area contributed by atoms with Gasteiger partial charge in [0, 0.05) is 42.8 Å². The van der Waals surface area contributed by atoms with Gasteiger partial charge in [-0.3, -0.25) is 9.71 Å². The van der Waals surface area contributed by atoms with Gasteiger partial charge in [0.15, 0.2) is 5.04 Å². The highest BCUT2D eigenvalue weighted by Gasteiger charge is 2.24. The summed E-state index contributed by atoms with van der Waals surface area (Å²) in [4.78, 5) is 8.58.